The summed E-state index contributed by atoms with van der Waals surface area (Å²) in [5, 5.41) is 7.61. The van der Waals surface area contributed by atoms with Crippen molar-refractivity contribution >= 4 is 17.9 Å². The highest BCUT2D eigenvalue weighted by Gasteiger charge is 2.43. The van der Waals surface area contributed by atoms with Crippen molar-refractivity contribution in [3.05, 3.63) is 41.1 Å². The van der Waals surface area contributed by atoms with E-state index in [9.17, 15) is 4.79 Å². The van der Waals surface area contributed by atoms with Gasteiger partial charge in [0, 0.05) is 38.0 Å². The molecule has 0 saturated carbocycles. The lowest BCUT2D eigenvalue weighted by Gasteiger charge is -2.38. The van der Waals surface area contributed by atoms with Crippen molar-refractivity contribution in [1.29, 1.82) is 0 Å². The molecule has 4 rings (SSSR count). The fraction of sp³-hybridized carbons (Fsp3) is 0.524. The number of aromatic nitrogens is 4. The first-order valence-corrected chi connectivity index (χ1v) is 10.2. The van der Waals surface area contributed by atoms with Crippen molar-refractivity contribution in [3.63, 3.8) is 0 Å². The fourth-order valence-corrected chi connectivity index (χ4v) is 4.19. The summed E-state index contributed by atoms with van der Waals surface area (Å²) in [6.07, 6.45) is 7.69. The van der Waals surface area contributed by atoms with Crippen LogP contribution in [-0.4, -0.2) is 62.2 Å². The zero-order valence-corrected chi connectivity index (χ0v) is 17.7. The molecule has 0 bridgehead atoms. The van der Waals surface area contributed by atoms with Gasteiger partial charge in [0.15, 0.2) is 0 Å². The van der Waals surface area contributed by atoms with Gasteiger partial charge in [0.2, 0.25) is 5.95 Å². The number of carbonyl (C=O) groups is 1. The van der Waals surface area contributed by atoms with Crippen molar-refractivity contribution in [3.8, 4) is 0 Å². The third-order valence-electron chi connectivity index (χ3n) is 6.26. The number of hydrogen-bond donors (Lipinski definition) is 1. The summed E-state index contributed by atoms with van der Waals surface area (Å²) in [6, 6.07) is 1.96. The number of carbonyl (C=O) groups excluding carboxylic acids is 1. The van der Waals surface area contributed by atoms with Crippen LogP contribution in [0.1, 0.15) is 36.7 Å². The Kier molecular flexibility index (Phi) is 5.23. The summed E-state index contributed by atoms with van der Waals surface area (Å²) >= 11 is 0. The molecule has 8 heteroatoms. The van der Waals surface area contributed by atoms with E-state index in [1.807, 2.05) is 39.5 Å². The molecular weight excluding hydrogens is 366 g/mol. The predicted octanol–water partition coefficient (Wildman–Crippen LogP) is 2.01. The van der Waals surface area contributed by atoms with Crippen LogP contribution in [0.3, 0.4) is 0 Å². The Labute approximate surface area is 171 Å². The first kappa shape index (κ1) is 19.7. The minimum absolute atomic E-state index is 0.115. The van der Waals surface area contributed by atoms with E-state index in [1.54, 1.807) is 4.68 Å². The molecule has 1 fully saturated rings. The molecule has 154 valence electrons. The van der Waals surface area contributed by atoms with Gasteiger partial charge in [-0.3, -0.25) is 4.68 Å². The van der Waals surface area contributed by atoms with E-state index < -0.39 is 0 Å². The number of fused-ring (bicyclic) bond motifs is 1. The van der Waals surface area contributed by atoms with E-state index in [1.165, 1.54) is 0 Å². The first-order valence-electron chi connectivity index (χ1n) is 10.2. The first-order chi connectivity index (χ1) is 13.8. The van der Waals surface area contributed by atoms with Crippen LogP contribution in [0.2, 0.25) is 0 Å². The van der Waals surface area contributed by atoms with Gasteiger partial charge in [-0.05, 0) is 39.0 Å². The Morgan fingerprint density at radius 2 is 2.07 bits per heavy atom. The molecule has 2 aliphatic rings. The van der Waals surface area contributed by atoms with Gasteiger partial charge in [-0.2, -0.15) is 5.10 Å². The van der Waals surface area contributed by atoms with Gasteiger partial charge in [0.05, 0.1) is 25.2 Å². The normalized spacial score (nSPS) is 22.8. The molecule has 1 atom stereocenters. The maximum atomic E-state index is 13.4. The maximum absolute atomic E-state index is 13.4. The summed E-state index contributed by atoms with van der Waals surface area (Å²) in [6.45, 7) is 5.15. The van der Waals surface area contributed by atoms with E-state index in [-0.39, 0.29) is 5.92 Å². The van der Waals surface area contributed by atoms with Crippen molar-refractivity contribution in [2.45, 2.75) is 32.9 Å². The summed E-state index contributed by atoms with van der Waals surface area (Å²) in [5.41, 5.74) is 3.90. The van der Waals surface area contributed by atoms with Gasteiger partial charge in [-0.25, -0.2) is 19.2 Å². The highest BCUT2D eigenvalue weighted by molar-refractivity contribution is 5.75. The van der Waals surface area contributed by atoms with Crippen LogP contribution in [0.5, 0.6) is 0 Å². The molecule has 1 N–H and O–H groups in total. The topological polar surface area (TPSA) is 75.9 Å². The van der Waals surface area contributed by atoms with Crippen molar-refractivity contribution in [1.82, 2.24) is 24.6 Å². The smallest absolute Gasteiger partial charge is 0.321 e. The molecule has 29 heavy (non-hydrogen) atoms. The standard InChI is InChI=1S/C21H30N7O/c1-15-11-17-12-22-21(23-13-18-7-10-27(3)25-18)24-19(17)14-28(15,4)20(29)16-5-8-26(2)9-6-16/h7,10-12,16H,5-6,8-9,13-14H2,1-4H3,(H,22,23,24)/q+1. The van der Waals surface area contributed by atoms with Gasteiger partial charge < -0.3 is 10.2 Å². The number of anilines is 1. The van der Waals surface area contributed by atoms with Crippen LogP contribution in [0, 0.1) is 5.92 Å². The van der Waals surface area contributed by atoms with E-state index in [4.69, 9.17) is 4.98 Å². The van der Waals surface area contributed by atoms with E-state index in [0.717, 1.165) is 48.6 Å². The van der Waals surface area contributed by atoms with Crippen LogP contribution in [0.4, 0.5) is 5.95 Å². The van der Waals surface area contributed by atoms with Crippen molar-refractivity contribution < 1.29 is 9.28 Å². The number of piperidine rings is 1. The highest BCUT2D eigenvalue weighted by atomic mass is 16.2. The Morgan fingerprint density at radius 1 is 1.31 bits per heavy atom. The van der Waals surface area contributed by atoms with Gasteiger partial charge in [-0.15, -0.1) is 0 Å². The molecule has 1 amide bonds. The molecule has 0 aliphatic carbocycles. The summed E-state index contributed by atoms with van der Waals surface area (Å²) in [4.78, 5) is 24.9. The van der Waals surface area contributed by atoms with Crippen LogP contribution in [0.15, 0.2) is 24.2 Å². The molecule has 0 aromatic carbocycles. The molecular formula is C21H30N7O+. The SMILES string of the molecule is CC1=Cc2cnc(NCc3ccn(C)n3)nc2C[N+]1(C)C(=O)C1CCN(C)CC1. The number of quaternary nitrogens is 1. The predicted molar refractivity (Wildman–Crippen MR) is 111 cm³/mol. The largest absolute Gasteiger partial charge is 0.348 e. The lowest BCUT2D eigenvalue weighted by atomic mass is 9.93. The Hall–Kier alpha value is -2.58. The number of allylic oxidation sites excluding steroid dienone is 1. The molecule has 0 spiro atoms. The Balaban J connectivity index is 1.51. The van der Waals surface area contributed by atoms with Crippen LogP contribution in [-0.2, 0) is 24.9 Å². The number of rotatable bonds is 4. The van der Waals surface area contributed by atoms with E-state index >= 15 is 0 Å². The fourth-order valence-electron chi connectivity index (χ4n) is 4.19. The Morgan fingerprint density at radius 3 is 2.76 bits per heavy atom. The van der Waals surface area contributed by atoms with E-state index in [0.29, 0.717) is 29.4 Å². The average Bonchev–Trinajstić information content (AvgIpc) is 3.12. The maximum Gasteiger partial charge on any atom is 0.321 e. The minimum atomic E-state index is 0.115. The Bertz CT molecular complexity index is 942. The van der Waals surface area contributed by atoms with Gasteiger partial charge in [0.1, 0.15) is 17.9 Å². The summed E-state index contributed by atoms with van der Waals surface area (Å²) in [7, 11) is 6.04. The average molecular weight is 397 g/mol. The number of amides is 1. The summed E-state index contributed by atoms with van der Waals surface area (Å²) < 4.78 is 2.08. The summed E-state index contributed by atoms with van der Waals surface area (Å²) in [5.74, 6) is 0.990. The van der Waals surface area contributed by atoms with E-state index in [2.05, 4.69) is 33.4 Å². The third kappa shape index (κ3) is 3.95. The number of hydrogen-bond acceptors (Lipinski definition) is 6. The molecule has 2 aliphatic heterocycles. The second-order valence-corrected chi connectivity index (χ2v) is 8.48. The van der Waals surface area contributed by atoms with Gasteiger partial charge in [-0.1, -0.05) is 0 Å². The van der Waals surface area contributed by atoms with Crippen LogP contribution >= 0.6 is 0 Å². The third-order valence-corrected chi connectivity index (χ3v) is 6.26. The van der Waals surface area contributed by atoms with Crippen LogP contribution in [0.25, 0.3) is 6.08 Å². The molecule has 2 aromatic heterocycles. The number of nitrogens with one attached hydrogen (secondary N) is 1. The lowest BCUT2D eigenvalue weighted by Crippen LogP contribution is -2.53. The lowest BCUT2D eigenvalue weighted by molar-refractivity contribution is -0.812. The molecule has 4 heterocycles. The van der Waals surface area contributed by atoms with Crippen molar-refractivity contribution in [2.24, 2.45) is 13.0 Å². The molecule has 8 nitrogen and oxygen atoms in total. The van der Waals surface area contributed by atoms with Crippen LogP contribution < -0.4 is 5.32 Å². The zero-order valence-electron chi connectivity index (χ0n) is 17.7. The molecule has 0 radical (unpaired) electrons. The second-order valence-electron chi connectivity index (χ2n) is 8.48. The highest BCUT2D eigenvalue weighted by Crippen LogP contribution is 2.33. The van der Waals surface area contributed by atoms with Gasteiger partial charge >= 0.3 is 5.91 Å². The molecule has 1 saturated heterocycles. The van der Waals surface area contributed by atoms with Crippen molar-refractivity contribution in [2.75, 3.05) is 32.5 Å². The molecule has 1 unspecified atom stereocenters. The quantitative estimate of drug-likeness (QED) is 0.797. The number of likely N-dealkylation sites (tertiary alicyclic amines) is 1. The zero-order chi connectivity index (χ0) is 20.6. The number of aryl methyl sites for hydroxylation is 1. The number of nitrogens with zero attached hydrogens (tertiary/aromatic N) is 6. The second kappa shape index (κ2) is 7.68. The van der Waals surface area contributed by atoms with Gasteiger partial charge in [0.25, 0.3) is 0 Å². The minimum Gasteiger partial charge on any atom is -0.348 e. The monoisotopic (exact) mass is 396 g/mol. The molecule has 2 aromatic rings.